The summed E-state index contributed by atoms with van der Waals surface area (Å²) >= 11 is 0. The Hall–Kier alpha value is -1.55. The van der Waals surface area contributed by atoms with Gasteiger partial charge in [0.25, 0.3) is 0 Å². The maximum atomic E-state index is 10.5. The molecule has 0 aliphatic carbocycles. The summed E-state index contributed by atoms with van der Waals surface area (Å²) in [4.78, 5) is 4.47. The van der Waals surface area contributed by atoms with Crippen molar-refractivity contribution in [2.45, 2.75) is 39.3 Å². The molecule has 0 amide bonds. The fraction of sp³-hybridized carbons (Fsp3) is 0.529. The number of nitrogens with zero attached hydrogens (tertiary/aromatic N) is 3. The van der Waals surface area contributed by atoms with Crippen molar-refractivity contribution in [2.75, 3.05) is 19.6 Å². The van der Waals surface area contributed by atoms with Gasteiger partial charge in [-0.2, -0.15) is 5.10 Å². The summed E-state index contributed by atoms with van der Waals surface area (Å²) in [5.74, 6) is 1.98. The molecule has 0 radical (unpaired) electrons. The highest BCUT2D eigenvalue weighted by Gasteiger charge is 2.26. The molecule has 0 bridgehead atoms. The maximum absolute atomic E-state index is 10.5. The molecule has 2 aromatic rings. The van der Waals surface area contributed by atoms with E-state index in [1.54, 1.807) is 19.2 Å². The number of aliphatic imine (C=N–C) groups is 1. The summed E-state index contributed by atoms with van der Waals surface area (Å²) in [5.41, 5.74) is -1.13. The molecule has 7 nitrogen and oxygen atoms in total. The Morgan fingerprint density at radius 2 is 2.20 bits per heavy atom. The number of hydrogen-bond donors (Lipinski definition) is 3. The molecule has 0 saturated carbocycles. The van der Waals surface area contributed by atoms with Crippen LogP contribution < -0.4 is 10.6 Å². The molecular weight excluding hydrogens is 433 g/mol. The predicted molar refractivity (Wildman–Crippen MR) is 109 cm³/mol. The van der Waals surface area contributed by atoms with Gasteiger partial charge >= 0.3 is 0 Å². The molecule has 8 heteroatoms. The van der Waals surface area contributed by atoms with Gasteiger partial charge in [0.15, 0.2) is 5.96 Å². The van der Waals surface area contributed by atoms with Gasteiger partial charge in [0, 0.05) is 32.0 Å². The average Bonchev–Trinajstić information content (AvgIpc) is 3.20. The minimum atomic E-state index is -1.13. The van der Waals surface area contributed by atoms with Gasteiger partial charge in [-0.3, -0.25) is 4.68 Å². The Labute approximate surface area is 165 Å². The van der Waals surface area contributed by atoms with Crippen LogP contribution in [0.25, 0.3) is 0 Å². The van der Waals surface area contributed by atoms with Crippen LogP contribution in [0.4, 0.5) is 0 Å². The SMILES string of the molecule is CCNC(=NCC(C)(O)c1ccc(C)o1)NCCCn1cccn1.I. The molecule has 140 valence electrons. The number of aromatic nitrogens is 2. The highest BCUT2D eigenvalue weighted by Crippen LogP contribution is 2.22. The van der Waals surface area contributed by atoms with E-state index in [1.807, 2.05) is 36.9 Å². The Balaban J connectivity index is 0.00000312. The van der Waals surface area contributed by atoms with Crippen LogP contribution >= 0.6 is 24.0 Å². The first-order valence-corrected chi connectivity index (χ1v) is 8.30. The highest BCUT2D eigenvalue weighted by molar-refractivity contribution is 14.0. The zero-order valence-corrected chi connectivity index (χ0v) is 17.4. The number of aryl methyl sites for hydroxylation is 2. The zero-order chi connectivity index (χ0) is 17.4. The van der Waals surface area contributed by atoms with E-state index < -0.39 is 5.60 Å². The van der Waals surface area contributed by atoms with Crippen molar-refractivity contribution in [1.82, 2.24) is 20.4 Å². The van der Waals surface area contributed by atoms with Crippen LogP contribution in [0.3, 0.4) is 0 Å². The summed E-state index contributed by atoms with van der Waals surface area (Å²) in [5, 5.41) is 21.2. The van der Waals surface area contributed by atoms with Gasteiger partial charge in [-0.05, 0) is 45.4 Å². The van der Waals surface area contributed by atoms with Crippen molar-refractivity contribution in [1.29, 1.82) is 0 Å². The molecule has 2 heterocycles. The van der Waals surface area contributed by atoms with Crippen molar-refractivity contribution in [2.24, 2.45) is 4.99 Å². The lowest BCUT2D eigenvalue weighted by Crippen LogP contribution is -2.39. The number of halogens is 1. The van der Waals surface area contributed by atoms with Crippen molar-refractivity contribution >= 4 is 29.9 Å². The Morgan fingerprint density at radius 3 is 2.80 bits per heavy atom. The van der Waals surface area contributed by atoms with Crippen molar-refractivity contribution < 1.29 is 9.52 Å². The van der Waals surface area contributed by atoms with E-state index in [9.17, 15) is 5.11 Å². The summed E-state index contributed by atoms with van der Waals surface area (Å²) in [7, 11) is 0. The van der Waals surface area contributed by atoms with Gasteiger partial charge < -0.3 is 20.2 Å². The largest absolute Gasteiger partial charge is 0.463 e. The second-order valence-corrected chi connectivity index (χ2v) is 5.93. The molecule has 2 rings (SSSR count). The molecule has 1 atom stereocenters. The molecule has 3 N–H and O–H groups in total. The molecule has 0 aliphatic heterocycles. The van der Waals surface area contributed by atoms with Crippen LogP contribution in [-0.4, -0.2) is 40.5 Å². The highest BCUT2D eigenvalue weighted by atomic mass is 127. The van der Waals surface area contributed by atoms with E-state index in [0.29, 0.717) is 11.7 Å². The molecule has 0 aromatic carbocycles. The van der Waals surface area contributed by atoms with Gasteiger partial charge in [0.2, 0.25) is 0 Å². The number of aliphatic hydroxyl groups is 1. The quantitative estimate of drug-likeness (QED) is 0.243. The minimum absolute atomic E-state index is 0. The van der Waals surface area contributed by atoms with Crippen molar-refractivity contribution in [3.63, 3.8) is 0 Å². The molecule has 0 spiro atoms. The molecule has 2 aromatic heterocycles. The second kappa shape index (κ2) is 10.4. The van der Waals surface area contributed by atoms with E-state index in [0.717, 1.165) is 31.8 Å². The van der Waals surface area contributed by atoms with E-state index in [2.05, 4.69) is 20.7 Å². The molecule has 0 saturated heterocycles. The van der Waals surface area contributed by atoms with Crippen LogP contribution in [-0.2, 0) is 12.1 Å². The van der Waals surface area contributed by atoms with E-state index >= 15 is 0 Å². The maximum Gasteiger partial charge on any atom is 0.191 e. The summed E-state index contributed by atoms with van der Waals surface area (Å²) in [6.07, 6.45) is 4.65. The van der Waals surface area contributed by atoms with Gasteiger partial charge in [-0.25, -0.2) is 4.99 Å². The topological polar surface area (TPSA) is 87.6 Å². The summed E-state index contributed by atoms with van der Waals surface area (Å²) in [6, 6.07) is 5.54. The van der Waals surface area contributed by atoms with Crippen LogP contribution in [0, 0.1) is 6.92 Å². The molecule has 1 unspecified atom stereocenters. The lowest BCUT2D eigenvalue weighted by Gasteiger charge is -2.19. The first kappa shape index (κ1) is 21.5. The lowest BCUT2D eigenvalue weighted by molar-refractivity contribution is 0.0428. The third-order valence-electron chi connectivity index (χ3n) is 3.58. The number of hydrogen-bond acceptors (Lipinski definition) is 4. The zero-order valence-electron chi connectivity index (χ0n) is 15.0. The predicted octanol–water partition coefficient (Wildman–Crippen LogP) is 2.26. The third-order valence-corrected chi connectivity index (χ3v) is 3.58. The smallest absolute Gasteiger partial charge is 0.191 e. The Bertz CT molecular complexity index is 637. The molecular formula is C17H28IN5O2. The first-order chi connectivity index (χ1) is 11.5. The number of guanidine groups is 1. The van der Waals surface area contributed by atoms with E-state index in [4.69, 9.17) is 4.42 Å². The Morgan fingerprint density at radius 1 is 1.40 bits per heavy atom. The third kappa shape index (κ3) is 7.07. The van der Waals surface area contributed by atoms with Crippen LogP contribution in [0.5, 0.6) is 0 Å². The lowest BCUT2D eigenvalue weighted by atomic mass is 10.0. The van der Waals surface area contributed by atoms with E-state index in [1.165, 1.54) is 0 Å². The first-order valence-electron chi connectivity index (χ1n) is 8.30. The molecule has 0 aliphatic rings. The summed E-state index contributed by atoms with van der Waals surface area (Å²) < 4.78 is 7.41. The molecule has 25 heavy (non-hydrogen) atoms. The number of rotatable bonds is 8. The second-order valence-electron chi connectivity index (χ2n) is 5.93. The average molecular weight is 461 g/mol. The number of nitrogens with one attached hydrogen (secondary N) is 2. The van der Waals surface area contributed by atoms with E-state index in [-0.39, 0.29) is 30.5 Å². The monoisotopic (exact) mass is 461 g/mol. The Kier molecular flexibility index (Phi) is 8.98. The van der Waals surface area contributed by atoms with Crippen LogP contribution in [0.2, 0.25) is 0 Å². The number of furan rings is 1. The fourth-order valence-corrected chi connectivity index (χ4v) is 2.26. The van der Waals surface area contributed by atoms with Gasteiger partial charge in [-0.15, -0.1) is 24.0 Å². The van der Waals surface area contributed by atoms with Gasteiger partial charge in [0.05, 0.1) is 6.54 Å². The van der Waals surface area contributed by atoms with Gasteiger partial charge in [0.1, 0.15) is 17.1 Å². The van der Waals surface area contributed by atoms with Gasteiger partial charge in [-0.1, -0.05) is 0 Å². The van der Waals surface area contributed by atoms with Crippen LogP contribution in [0.1, 0.15) is 31.8 Å². The normalized spacial score (nSPS) is 13.8. The minimum Gasteiger partial charge on any atom is -0.463 e. The summed E-state index contributed by atoms with van der Waals surface area (Å²) in [6.45, 7) is 8.16. The standard InChI is InChI=1S/C17H27N5O2.HI/c1-4-18-16(19-9-5-11-22-12-6-10-21-22)20-13-17(3,23)15-8-7-14(2)24-15;/h6-8,10,12,23H,4-5,9,11,13H2,1-3H3,(H2,18,19,20);1H. The van der Waals surface area contributed by atoms with Crippen molar-refractivity contribution in [3.8, 4) is 0 Å². The van der Waals surface area contributed by atoms with Crippen LogP contribution in [0.15, 0.2) is 40.0 Å². The fourth-order valence-electron chi connectivity index (χ4n) is 2.26. The van der Waals surface area contributed by atoms with Crippen molar-refractivity contribution in [3.05, 3.63) is 42.1 Å². The molecule has 0 fully saturated rings.